The molecule has 0 unspecified atom stereocenters. The zero-order valence-electron chi connectivity index (χ0n) is 26.0. The van der Waals surface area contributed by atoms with E-state index in [1.165, 1.54) is 12.1 Å². The molecule has 0 fully saturated rings. The Balaban J connectivity index is 1.53. The number of benzene rings is 4. The normalized spacial score (nSPS) is 11.3. The van der Waals surface area contributed by atoms with Crippen LogP contribution in [-0.2, 0) is 29.0 Å². The highest BCUT2D eigenvalue weighted by Crippen LogP contribution is 2.26. The number of nitrogens with zero attached hydrogens (tertiary/aromatic N) is 2. The van der Waals surface area contributed by atoms with Gasteiger partial charge in [0.15, 0.2) is 0 Å². The van der Waals surface area contributed by atoms with E-state index in [9.17, 15) is 27.6 Å². The van der Waals surface area contributed by atoms with Gasteiger partial charge in [0.1, 0.15) is 5.75 Å². The first-order valence-corrected chi connectivity index (χ1v) is 15.7. The van der Waals surface area contributed by atoms with Gasteiger partial charge in [-0.15, -0.1) is 0 Å². The molecule has 1 N–H and O–H groups in total. The number of hydrogen-bond donors (Lipinski definition) is 1. The topological polar surface area (TPSA) is 79.0 Å². The van der Waals surface area contributed by atoms with E-state index in [0.29, 0.717) is 38.2 Å². The van der Waals surface area contributed by atoms with Gasteiger partial charge in [-0.1, -0.05) is 76.6 Å². The second-order valence-electron chi connectivity index (χ2n) is 11.2. The van der Waals surface area contributed by atoms with Crippen molar-refractivity contribution in [2.24, 2.45) is 0 Å². The van der Waals surface area contributed by atoms with E-state index in [4.69, 9.17) is 0 Å². The zero-order valence-corrected chi connectivity index (χ0v) is 27.6. The van der Waals surface area contributed by atoms with Gasteiger partial charge in [-0.25, -0.2) is 4.79 Å². The minimum absolute atomic E-state index is 0.103. The van der Waals surface area contributed by atoms with Crippen LogP contribution in [0.1, 0.15) is 27.0 Å². The van der Waals surface area contributed by atoms with Gasteiger partial charge in [0.25, 0.3) is 5.91 Å². The Hall–Kier alpha value is -4.48. The molecule has 0 saturated carbocycles. The zero-order chi connectivity index (χ0) is 34.0. The van der Waals surface area contributed by atoms with Crippen LogP contribution in [0.25, 0.3) is 11.1 Å². The number of rotatable bonds is 13. The van der Waals surface area contributed by atoms with E-state index in [0.717, 1.165) is 32.3 Å². The van der Waals surface area contributed by atoms with Crippen LogP contribution in [0.15, 0.2) is 102 Å². The van der Waals surface area contributed by atoms with E-state index in [1.54, 1.807) is 23.1 Å². The lowest BCUT2D eigenvalue weighted by molar-refractivity contribution is -0.189. The number of likely N-dealkylation sites (N-methyl/N-ethyl adjacent to an activating group) is 1. The van der Waals surface area contributed by atoms with Gasteiger partial charge in [0, 0.05) is 36.2 Å². The van der Waals surface area contributed by atoms with Crippen LogP contribution in [0, 0.1) is 0 Å². The molecule has 246 valence electrons. The molecule has 0 aliphatic carbocycles. The molecule has 0 saturated heterocycles. The fourth-order valence-corrected chi connectivity index (χ4v) is 5.08. The number of carbonyl (C=O) groups is 3. The molecule has 0 atom stereocenters. The summed E-state index contributed by atoms with van der Waals surface area (Å²) in [7, 11) is 3.88. The molecule has 0 heterocycles. The molecular formula is C36H35BrF3N3O4. The molecule has 7 nitrogen and oxygen atoms in total. The average molecular weight is 711 g/mol. The maximum Gasteiger partial charge on any atom is 0.491 e. The first-order chi connectivity index (χ1) is 22.4. The minimum Gasteiger partial charge on any atom is -0.420 e. The standard InChI is InChI=1S/C36H35BrF3N3O4/c1-42(2)21-19-41-34(45)32-9-4-3-8-31(32)28-7-5-6-27(22-28)24-43(33(44)23-26-10-14-29(37)15-11-26)20-18-25-12-16-30(17-13-25)47-35(46)36(38,39)40/h3-17,22H,18-21,23-24H2,1-2H3,(H,41,45). The van der Waals surface area contributed by atoms with Crippen molar-refractivity contribution in [2.75, 3.05) is 33.7 Å². The number of amides is 2. The van der Waals surface area contributed by atoms with Crippen LogP contribution in [0.2, 0.25) is 0 Å². The van der Waals surface area contributed by atoms with Gasteiger partial charge in [0.05, 0.1) is 6.42 Å². The Kier molecular flexibility index (Phi) is 12.3. The number of ether oxygens (including phenoxy) is 1. The first-order valence-electron chi connectivity index (χ1n) is 14.9. The van der Waals surface area contributed by atoms with Crippen LogP contribution in [0.5, 0.6) is 5.75 Å². The van der Waals surface area contributed by atoms with Crippen molar-refractivity contribution in [1.29, 1.82) is 0 Å². The number of esters is 1. The molecule has 47 heavy (non-hydrogen) atoms. The number of nitrogens with one attached hydrogen (secondary N) is 1. The van der Waals surface area contributed by atoms with E-state index >= 15 is 0 Å². The van der Waals surface area contributed by atoms with E-state index in [-0.39, 0.29) is 24.0 Å². The lowest BCUT2D eigenvalue weighted by Gasteiger charge is -2.24. The van der Waals surface area contributed by atoms with Crippen molar-refractivity contribution >= 4 is 33.7 Å². The molecule has 0 radical (unpaired) electrons. The summed E-state index contributed by atoms with van der Waals surface area (Å²) in [5.41, 5.74) is 4.63. The van der Waals surface area contributed by atoms with Crippen molar-refractivity contribution in [3.05, 3.63) is 124 Å². The highest BCUT2D eigenvalue weighted by atomic mass is 79.9. The maximum atomic E-state index is 13.6. The molecule has 4 rings (SSSR count). The average Bonchev–Trinajstić information content (AvgIpc) is 3.04. The fraction of sp³-hybridized carbons (Fsp3) is 0.250. The Morgan fingerprint density at radius 3 is 2.17 bits per heavy atom. The Bertz CT molecular complexity index is 1680. The van der Waals surface area contributed by atoms with Gasteiger partial charge in [-0.3, -0.25) is 9.59 Å². The lowest BCUT2D eigenvalue weighted by atomic mass is 9.97. The second kappa shape index (κ2) is 16.4. The van der Waals surface area contributed by atoms with Gasteiger partial charge in [-0.05, 0) is 84.7 Å². The Morgan fingerprint density at radius 1 is 0.809 bits per heavy atom. The maximum absolute atomic E-state index is 13.6. The SMILES string of the molecule is CN(C)CCNC(=O)c1ccccc1-c1cccc(CN(CCc2ccc(OC(=O)C(F)(F)F)cc2)C(=O)Cc2ccc(Br)cc2)c1. The summed E-state index contributed by atoms with van der Waals surface area (Å²) in [6, 6.07) is 28.3. The van der Waals surface area contributed by atoms with Gasteiger partial charge < -0.3 is 19.9 Å². The monoisotopic (exact) mass is 709 g/mol. The predicted octanol–water partition coefficient (Wildman–Crippen LogP) is 6.69. The molecule has 0 aliphatic heterocycles. The number of halogens is 4. The molecule has 0 aliphatic rings. The molecule has 11 heteroatoms. The first kappa shape index (κ1) is 35.4. The van der Waals surface area contributed by atoms with Crippen molar-refractivity contribution < 1.29 is 32.3 Å². The highest BCUT2D eigenvalue weighted by Gasteiger charge is 2.41. The van der Waals surface area contributed by atoms with Crippen LogP contribution >= 0.6 is 15.9 Å². The summed E-state index contributed by atoms with van der Waals surface area (Å²) >= 11 is 3.42. The van der Waals surface area contributed by atoms with Crippen molar-refractivity contribution in [1.82, 2.24) is 15.1 Å². The molecule has 4 aromatic rings. The van der Waals surface area contributed by atoms with Crippen LogP contribution in [0.4, 0.5) is 13.2 Å². The van der Waals surface area contributed by atoms with E-state index in [1.807, 2.05) is 85.7 Å². The highest BCUT2D eigenvalue weighted by molar-refractivity contribution is 9.10. The Labute approximate surface area is 280 Å². The largest absolute Gasteiger partial charge is 0.491 e. The van der Waals surface area contributed by atoms with Crippen LogP contribution in [-0.4, -0.2) is 67.5 Å². The van der Waals surface area contributed by atoms with Gasteiger partial charge in [0.2, 0.25) is 5.91 Å². The minimum atomic E-state index is -5.09. The third kappa shape index (κ3) is 10.8. The van der Waals surface area contributed by atoms with Gasteiger partial charge in [-0.2, -0.15) is 13.2 Å². The summed E-state index contributed by atoms with van der Waals surface area (Å²) in [4.78, 5) is 41.6. The molecule has 4 aromatic carbocycles. The Morgan fingerprint density at radius 2 is 1.49 bits per heavy atom. The summed E-state index contributed by atoms with van der Waals surface area (Å²) in [6.07, 6.45) is -4.50. The molecule has 2 amide bonds. The molecular weight excluding hydrogens is 675 g/mol. The lowest BCUT2D eigenvalue weighted by Crippen LogP contribution is -2.33. The third-order valence-electron chi connectivity index (χ3n) is 7.28. The van der Waals surface area contributed by atoms with Gasteiger partial charge >= 0.3 is 12.1 Å². The van der Waals surface area contributed by atoms with E-state index in [2.05, 4.69) is 26.0 Å². The molecule has 0 bridgehead atoms. The molecule has 0 spiro atoms. The van der Waals surface area contributed by atoms with E-state index < -0.39 is 12.1 Å². The number of hydrogen-bond acceptors (Lipinski definition) is 5. The molecule has 0 aromatic heterocycles. The second-order valence-corrected chi connectivity index (χ2v) is 12.1. The summed E-state index contributed by atoms with van der Waals surface area (Å²) in [6.45, 7) is 1.84. The third-order valence-corrected chi connectivity index (χ3v) is 7.81. The number of alkyl halides is 3. The summed E-state index contributed by atoms with van der Waals surface area (Å²) in [5.74, 6) is -2.78. The fourth-order valence-electron chi connectivity index (χ4n) is 4.81. The smallest absolute Gasteiger partial charge is 0.420 e. The quantitative estimate of drug-likeness (QED) is 0.124. The van der Waals surface area contributed by atoms with Crippen LogP contribution in [0.3, 0.4) is 0 Å². The predicted molar refractivity (Wildman–Crippen MR) is 178 cm³/mol. The van der Waals surface area contributed by atoms with Crippen molar-refractivity contribution in [2.45, 2.75) is 25.6 Å². The van der Waals surface area contributed by atoms with Crippen LogP contribution < -0.4 is 10.1 Å². The summed E-state index contributed by atoms with van der Waals surface area (Å²) < 4.78 is 43.0. The summed E-state index contributed by atoms with van der Waals surface area (Å²) in [5, 5.41) is 2.97. The van der Waals surface area contributed by atoms with Crippen molar-refractivity contribution in [3.63, 3.8) is 0 Å². The number of carbonyl (C=O) groups excluding carboxylic acids is 3. The van der Waals surface area contributed by atoms with Crippen molar-refractivity contribution in [3.8, 4) is 16.9 Å².